The van der Waals surface area contributed by atoms with E-state index in [1.165, 1.54) is 12.1 Å². The van der Waals surface area contributed by atoms with Gasteiger partial charge in [-0.25, -0.2) is 14.2 Å². The van der Waals surface area contributed by atoms with Gasteiger partial charge in [-0.15, -0.1) is 0 Å². The molecule has 0 fully saturated rings. The highest BCUT2D eigenvalue weighted by Crippen LogP contribution is 2.20. The molecule has 8 nitrogen and oxygen atoms in total. The first-order chi connectivity index (χ1) is 11.3. The molecule has 0 bridgehead atoms. The summed E-state index contributed by atoms with van der Waals surface area (Å²) in [4.78, 5) is 36.7. The molecule has 0 aliphatic heterocycles. The second kappa shape index (κ2) is 7.20. The summed E-state index contributed by atoms with van der Waals surface area (Å²) in [6, 6.07) is 5.27. The number of nitrogens with zero attached hydrogens (tertiary/aromatic N) is 2. The zero-order valence-corrected chi connectivity index (χ0v) is 13.0. The number of amides is 2. The van der Waals surface area contributed by atoms with Crippen LogP contribution < -0.4 is 10.1 Å². The molecule has 24 heavy (non-hydrogen) atoms. The van der Waals surface area contributed by atoms with Crippen LogP contribution in [-0.4, -0.2) is 21.9 Å². The minimum atomic E-state index is -1.19. The normalized spacial score (nSPS) is 10.1. The van der Waals surface area contributed by atoms with E-state index in [9.17, 15) is 24.1 Å². The van der Waals surface area contributed by atoms with Gasteiger partial charge in [0.1, 0.15) is 10.9 Å². The SMILES string of the molecule is O=C(NC(=O)c1cc(F)c(Cl)nc1Cl)Oc1ccc([N+](=O)[O-])cc1. The van der Waals surface area contributed by atoms with Crippen LogP contribution in [0.2, 0.25) is 10.3 Å². The molecule has 0 saturated heterocycles. The van der Waals surface area contributed by atoms with E-state index in [1.807, 2.05) is 0 Å². The lowest BCUT2D eigenvalue weighted by Gasteiger charge is -2.07. The van der Waals surface area contributed by atoms with Gasteiger partial charge in [0.15, 0.2) is 11.0 Å². The van der Waals surface area contributed by atoms with Crippen LogP contribution in [0.3, 0.4) is 0 Å². The van der Waals surface area contributed by atoms with Crippen molar-refractivity contribution in [3.05, 3.63) is 62.1 Å². The van der Waals surface area contributed by atoms with E-state index >= 15 is 0 Å². The molecule has 1 N–H and O–H groups in total. The maximum Gasteiger partial charge on any atom is 0.419 e. The third-order valence-electron chi connectivity index (χ3n) is 2.61. The Morgan fingerprint density at radius 1 is 1.21 bits per heavy atom. The van der Waals surface area contributed by atoms with Crippen LogP contribution in [-0.2, 0) is 0 Å². The van der Waals surface area contributed by atoms with Crippen LogP contribution >= 0.6 is 23.2 Å². The van der Waals surface area contributed by atoms with E-state index in [4.69, 9.17) is 27.9 Å². The molecule has 2 rings (SSSR count). The van der Waals surface area contributed by atoms with Gasteiger partial charge in [0.05, 0.1) is 10.5 Å². The molecule has 0 radical (unpaired) electrons. The predicted octanol–water partition coefficient (Wildman–Crippen LogP) is 3.36. The number of pyridine rings is 1. The third-order valence-corrected chi connectivity index (χ3v) is 3.16. The number of non-ortho nitro benzene ring substituents is 1. The highest BCUT2D eigenvalue weighted by atomic mass is 35.5. The highest BCUT2D eigenvalue weighted by Gasteiger charge is 2.19. The van der Waals surface area contributed by atoms with Crippen molar-refractivity contribution in [1.82, 2.24) is 10.3 Å². The van der Waals surface area contributed by atoms with Gasteiger partial charge in [-0.3, -0.25) is 20.2 Å². The van der Waals surface area contributed by atoms with Gasteiger partial charge in [-0.05, 0) is 18.2 Å². The largest absolute Gasteiger partial charge is 0.419 e. The minimum absolute atomic E-state index is 0.0441. The second-order valence-corrected chi connectivity index (χ2v) is 4.91. The van der Waals surface area contributed by atoms with E-state index in [0.717, 1.165) is 12.1 Å². The van der Waals surface area contributed by atoms with Crippen molar-refractivity contribution in [2.45, 2.75) is 0 Å². The molecular formula is C13H6Cl2FN3O5. The molecule has 0 spiro atoms. The van der Waals surface area contributed by atoms with Crippen molar-refractivity contribution in [2.24, 2.45) is 0 Å². The molecule has 11 heteroatoms. The van der Waals surface area contributed by atoms with Crippen LogP contribution in [0, 0.1) is 15.9 Å². The fraction of sp³-hybridized carbons (Fsp3) is 0. The van der Waals surface area contributed by atoms with Gasteiger partial charge < -0.3 is 4.74 Å². The van der Waals surface area contributed by atoms with Crippen molar-refractivity contribution in [3.63, 3.8) is 0 Å². The van der Waals surface area contributed by atoms with Crippen molar-refractivity contribution in [2.75, 3.05) is 0 Å². The van der Waals surface area contributed by atoms with Gasteiger partial charge in [0, 0.05) is 12.1 Å². The molecule has 0 saturated carbocycles. The van der Waals surface area contributed by atoms with E-state index in [-0.39, 0.29) is 11.4 Å². The average Bonchev–Trinajstić information content (AvgIpc) is 2.51. The summed E-state index contributed by atoms with van der Waals surface area (Å²) in [5.41, 5.74) is -0.618. The summed E-state index contributed by atoms with van der Waals surface area (Å²) >= 11 is 11.0. The number of nitro benzene ring substituents is 1. The van der Waals surface area contributed by atoms with Gasteiger partial charge in [0.25, 0.3) is 11.6 Å². The number of aromatic nitrogens is 1. The molecule has 0 aliphatic rings. The van der Waals surface area contributed by atoms with E-state index < -0.39 is 38.6 Å². The van der Waals surface area contributed by atoms with E-state index in [1.54, 1.807) is 5.32 Å². The van der Waals surface area contributed by atoms with Crippen molar-refractivity contribution in [1.29, 1.82) is 0 Å². The second-order valence-electron chi connectivity index (χ2n) is 4.19. The lowest BCUT2D eigenvalue weighted by Crippen LogP contribution is -2.33. The molecule has 1 aromatic carbocycles. The number of carbonyl (C=O) groups excluding carboxylic acids is 2. The minimum Gasteiger partial charge on any atom is -0.410 e. The maximum absolute atomic E-state index is 13.3. The lowest BCUT2D eigenvalue weighted by molar-refractivity contribution is -0.384. The van der Waals surface area contributed by atoms with Crippen LogP contribution in [0.5, 0.6) is 5.75 Å². The quantitative estimate of drug-likeness (QED) is 0.501. The predicted molar refractivity (Wildman–Crippen MR) is 80.8 cm³/mol. The topological polar surface area (TPSA) is 111 Å². The Bertz CT molecular complexity index is 829. The van der Waals surface area contributed by atoms with Crippen LogP contribution in [0.25, 0.3) is 0 Å². The summed E-state index contributed by atoms with van der Waals surface area (Å²) in [6.07, 6.45) is -1.19. The summed E-state index contributed by atoms with van der Waals surface area (Å²) in [6.45, 7) is 0. The first-order valence-electron chi connectivity index (χ1n) is 6.07. The van der Waals surface area contributed by atoms with Gasteiger partial charge in [-0.2, -0.15) is 0 Å². The Balaban J connectivity index is 2.05. The number of nitro groups is 1. The fourth-order valence-corrected chi connectivity index (χ4v) is 1.94. The molecule has 1 aromatic heterocycles. The number of ether oxygens (including phenoxy) is 1. The first kappa shape index (κ1) is 17.6. The molecular weight excluding hydrogens is 368 g/mol. The number of imide groups is 1. The number of hydrogen-bond donors (Lipinski definition) is 1. The van der Waals surface area contributed by atoms with Crippen molar-refractivity contribution >= 4 is 40.9 Å². The Morgan fingerprint density at radius 2 is 1.83 bits per heavy atom. The number of hydrogen-bond acceptors (Lipinski definition) is 6. The van der Waals surface area contributed by atoms with E-state index in [2.05, 4.69) is 4.98 Å². The third kappa shape index (κ3) is 4.15. The van der Waals surface area contributed by atoms with Crippen molar-refractivity contribution < 1.29 is 23.6 Å². The van der Waals surface area contributed by atoms with Gasteiger partial charge in [-0.1, -0.05) is 23.2 Å². The van der Waals surface area contributed by atoms with Gasteiger partial charge in [0.2, 0.25) is 0 Å². The van der Waals surface area contributed by atoms with E-state index in [0.29, 0.717) is 6.07 Å². The molecule has 0 atom stereocenters. The average molecular weight is 374 g/mol. The zero-order chi connectivity index (χ0) is 17.9. The maximum atomic E-state index is 13.3. The number of halogens is 3. The molecule has 1 heterocycles. The molecule has 2 amide bonds. The zero-order valence-electron chi connectivity index (χ0n) is 11.5. The molecule has 2 aromatic rings. The number of nitrogens with one attached hydrogen (secondary N) is 1. The monoisotopic (exact) mass is 373 g/mol. The smallest absolute Gasteiger partial charge is 0.410 e. The molecule has 124 valence electrons. The summed E-state index contributed by atoms with van der Waals surface area (Å²) in [7, 11) is 0. The number of rotatable bonds is 3. The molecule has 0 unspecified atom stereocenters. The highest BCUT2D eigenvalue weighted by molar-refractivity contribution is 6.35. The van der Waals surface area contributed by atoms with Crippen molar-refractivity contribution in [3.8, 4) is 5.75 Å². The van der Waals surface area contributed by atoms with Gasteiger partial charge >= 0.3 is 6.09 Å². The first-order valence-corrected chi connectivity index (χ1v) is 6.82. The summed E-state index contributed by atoms with van der Waals surface area (Å²) < 4.78 is 18.1. The number of benzene rings is 1. The lowest BCUT2D eigenvalue weighted by atomic mass is 10.2. The fourth-order valence-electron chi connectivity index (χ4n) is 1.53. The Labute approximate surface area is 143 Å². The standard InChI is InChI=1S/C13H6Cl2FN3O5/c14-10-8(5-9(16)11(15)17-10)12(20)18-13(21)24-7-3-1-6(2-4-7)19(22)23/h1-5H,(H,18,20,21). The van der Waals surface area contributed by atoms with Crippen LogP contribution in [0.15, 0.2) is 30.3 Å². The Kier molecular flexibility index (Phi) is 5.27. The van der Waals surface area contributed by atoms with Crippen LogP contribution in [0.4, 0.5) is 14.9 Å². The Morgan fingerprint density at radius 3 is 2.42 bits per heavy atom. The van der Waals surface area contributed by atoms with Crippen LogP contribution in [0.1, 0.15) is 10.4 Å². The number of carbonyl (C=O) groups is 2. The molecule has 0 aliphatic carbocycles. The summed E-state index contributed by atoms with van der Waals surface area (Å²) in [5, 5.41) is 11.4. The Hall–Kier alpha value is -2.78. The summed E-state index contributed by atoms with van der Waals surface area (Å²) in [5.74, 6) is -2.10.